The van der Waals surface area contributed by atoms with Gasteiger partial charge in [-0.1, -0.05) is 17.7 Å². The van der Waals surface area contributed by atoms with Crippen LogP contribution in [0.2, 0.25) is 5.02 Å². The third-order valence-corrected chi connectivity index (χ3v) is 4.20. The minimum Gasteiger partial charge on any atom is -0.493 e. The molecule has 1 aromatic carbocycles. The summed E-state index contributed by atoms with van der Waals surface area (Å²) in [6, 6.07) is 7.39. The predicted octanol–water partition coefficient (Wildman–Crippen LogP) is 3.61. The number of rotatable bonds is 5. The summed E-state index contributed by atoms with van der Waals surface area (Å²) in [5.41, 5.74) is 5.70. The van der Waals surface area contributed by atoms with Crippen molar-refractivity contribution in [1.82, 2.24) is 4.98 Å². The molecular formula is C14H17ClN2OS. The monoisotopic (exact) mass is 296 g/mol. The van der Waals surface area contributed by atoms with Gasteiger partial charge >= 0.3 is 0 Å². The van der Waals surface area contributed by atoms with Crippen molar-refractivity contribution in [2.24, 2.45) is 5.73 Å². The summed E-state index contributed by atoms with van der Waals surface area (Å²) in [7, 11) is 0. The third-order valence-electron chi connectivity index (χ3n) is 2.57. The zero-order chi connectivity index (χ0) is 13.9. The van der Waals surface area contributed by atoms with E-state index >= 15 is 0 Å². The van der Waals surface area contributed by atoms with Gasteiger partial charge in [-0.15, -0.1) is 11.3 Å². The van der Waals surface area contributed by atoms with E-state index in [2.05, 4.69) is 4.98 Å². The van der Waals surface area contributed by atoms with Crippen LogP contribution >= 0.6 is 22.9 Å². The summed E-state index contributed by atoms with van der Waals surface area (Å²) in [5.74, 6) is 0.781. The highest BCUT2D eigenvalue weighted by molar-refractivity contribution is 7.11. The summed E-state index contributed by atoms with van der Waals surface area (Å²) < 4.78 is 5.64. The second kappa shape index (κ2) is 5.90. The number of thiazole rings is 1. The van der Waals surface area contributed by atoms with Gasteiger partial charge in [-0.25, -0.2) is 4.98 Å². The fourth-order valence-corrected chi connectivity index (χ4v) is 2.63. The van der Waals surface area contributed by atoms with Crippen LogP contribution in [0.15, 0.2) is 30.5 Å². The Morgan fingerprint density at radius 3 is 2.84 bits per heavy atom. The number of benzene rings is 1. The molecule has 1 heterocycles. The molecule has 0 spiro atoms. The van der Waals surface area contributed by atoms with Gasteiger partial charge in [-0.2, -0.15) is 0 Å². The van der Waals surface area contributed by atoms with Gasteiger partial charge in [0.1, 0.15) is 5.75 Å². The van der Waals surface area contributed by atoms with E-state index in [-0.39, 0.29) is 5.54 Å². The largest absolute Gasteiger partial charge is 0.493 e. The summed E-state index contributed by atoms with van der Waals surface area (Å²) in [4.78, 5) is 5.45. The highest BCUT2D eigenvalue weighted by Crippen LogP contribution is 2.24. The molecule has 2 N–H and O–H groups in total. The number of hydrogen-bond donors (Lipinski definition) is 1. The molecule has 1 aromatic heterocycles. The maximum Gasteiger partial charge on any atom is 0.120 e. The van der Waals surface area contributed by atoms with E-state index in [4.69, 9.17) is 22.1 Å². The molecule has 0 bridgehead atoms. The minimum absolute atomic E-state index is 0.330. The van der Waals surface area contributed by atoms with Crippen molar-refractivity contribution in [2.45, 2.75) is 25.8 Å². The number of hydrogen-bond acceptors (Lipinski definition) is 4. The fraction of sp³-hybridized carbons (Fsp3) is 0.357. The molecule has 19 heavy (non-hydrogen) atoms. The second-order valence-electron chi connectivity index (χ2n) is 4.90. The minimum atomic E-state index is -0.330. The number of nitrogens with two attached hydrogens (primary N) is 1. The summed E-state index contributed by atoms with van der Waals surface area (Å²) >= 11 is 7.53. The lowest BCUT2D eigenvalue weighted by atomic mass is 10.1. The molecule has 0 unspecified atom stereocenters. The molecule has 0 aliphatic rings. The molecule has 0 saturated heterocycles. The Morgan fingerprint density at radius 1 is 1.42 bits per heavy atom. The van der Waals surface area contributed by atoms with Crippen molar-refractivity contribution in [3.63, 3.8) is 0 Å². The average molecular weight is 297 g/mol. The van der Waals surface area contributed by atoms with Crippen LogP contribution in [0, 0.1) is 0 Å². The Kier molecular flexibility index (Phi) is 4.45. The summed E-state index contributed by atoms with van der Waals surface area (Å²) in [5, 5.41) is 1.72. The van der Waals surface area contributed by atoms with Crippen LogP contribution in [0.4, 0.5) is 0 Å². The molecule has 0 atom stereocenters. The molecule has 5 heteroatoms. The van der Waals surface area contributed by atoms with Crippen molar-refractivity contribution in [3.8, 4) is 5.75 Å². The Bertz CT molecular complexity index is 548. The number of nitrogens with zero attached hydrogens (tertiary/aromatic N) is 1. The number of ether oxygens (including phenoxy) is 1. The van der Waals surface area contributed by atoms with Crippen molar-refractivity contribution in [2.75, 3.05) is 6.61 Å². The average Bonchev–Trinajstić information content (AvgIpc) is 2.77. The van der Waals surface area contributed by atoms with Gasteiger partial charge in [0.2, 0.25) is 0 Å². The SMILES string of the molecule is CC(C)(N)c1cnc(CCOc2cccc(Cl)c2)s1. The lowest BCUT2D eigenvalue weighted by Crippen LogP contribution is -2.27. The lowest BCUT2D eigenvalue weighted by molar-refractivity contribution is 0.322. The Hall–Kier alpha value is -1.10. The molecule has 2 rings (SSSR count). The van der Waals surface area contributed by atoms with Crippen molar-refractivity contribution < 1.29 is 4.74 Å². The van der Waals surface area contributed by atoms with Gasteiger partial charge < -0.3 is 10.5 Å². The first-order valence-corrected chi connectivity index (χ1v) is 7.27. The van der Waals surface area contributed by atoms with E-state index in [1.807, 2.05) is 38.2 Å². The first-order valence-electron chi connectivity index (χ1n) is 6.07. The van der Waals surface area contributed by atoms with Crippen LogP contribution in [0.1, 0.15) is 23.7 Å². The zero-order valence-corrected chi connectivity index (χ0v) is 12.6. The lowest BCUT2D eigenvalue weighted by Gasteiger charge is -2.14. The molecule has 0 aliphatic heterocycles. The molecule has 0 aliphatic carbocycles. The highest BCUT2D eigenvalue weighted by atomic mass is 35.5. The smallest absolute Gasteiger partial charge is 0.120 e. The van der Waals surface area contributed by atoms with Gasteiger partial charge in [0.05, 0.1) is 11.6 Å². The topological polar surface area (TPSA) is 48.1 Å². The normalized spacial score (nSPS) is 11.6. The molecule has 0 fully saturated rings. The van der Waals surface area contributed by atoms with Crippen molar-refractivity contribution >= 4 is 22.9 Å². The molecule has 3 nitrogen and oxygen atoms in total. The molecule has 0 amide bonds. The van der Waals surface area contributed by atoms with Crippen LogP contribution < -0.4 is 10.5 Å². The Balaban J connectivity index is 1.88. The molecule has 0 saturated carbocycles. The summed E-state index contributed by atoms with van der Waals surface area (Å²) in [6.07, 6.45) is 2.62. The van der Waals surface area contributed by atoms with Gasteiger partial charge in [-0.3, -0.25) is 0 Å². The Labute approximate surface area is 122 Å². The van der Waals surface area contributed by atoms with E-state index in [9.17, 15) is 0 Å². The fourth-order valence-electron chi connectivity index (χ4n) is 1.54. The highest BCUT2D eigenvalue weighted by Gasteiger charge is 2.17. The predicted molar refractivity (Wildman–Crippen MR) is 80.0 cm³/mol. The van der Waals surface area contributed by atoms with E-state index in [0.29, 0.717) is 11.6 Å². The summed E-state index contributed by atoms with van der Waals surface area (Å²) in [6.45, 7) is 4.54. The number of aromatic nitrogens is 1. The van der Waals surface area contributed by atoms with Gasteiger partial charge in [0.15, 0.2) is 0 Å². The van der Waals surface area contributed by atoms with Crippen LogP contribution in [-0.2, 0) is 12.0 Å². The molecular weight excluding hydrogens is 280 g/mol. The Morgan fingerprint density at radius 2 is 2.21 bits per heavy atom. The van der Waals surface area contributed by atoms with Crippen molar-refractivity contribution in [3.05, 3.63) is 45.4 Å². The number of halogens is 1. The van der Waals surface area contributed by atoms with Crippen LogP contribution in [0.25, 0.3) is 0 Å². The van der Waals surface area contributed by atoms with E-state index < -0.39 is 0 Å². The van der Waals surface area contributed by atoms with E-state index in [0.717, 1.165) is 22.1 Å². The van der Waals surface area contributed by atoms with Crippen LogP contribution in [0.3, 0.4) is 0 Å². The standard InChI is InChI=1S/C14H17ClN2OS/c1-14(2,16)12-9-17-13(19-12)6-7-18-11-5-3-4-10(15)8-11/h3-5,8-9H,6-7,16H2,1-2H3. The van der Waals surface area contributed by atoms with Gasteiger partial charge in [-0.05, 0) is 32.0 Å². The van der Waals surface area contributed by atoms with Gasteiger partial charge in [0.25, 0.3) is 0 Å². The van der Waals surface area contributed by atoms with Crippen molar-refractivity contribution in [1.29, 1.82) is 0 Å². The first-order chi connectivity index (χ1) is 8.95. The van der Waals surface area contributed by atoms with E-state index in [1.54, 1.807) is 17.4 Å². The molecule has 102 valence electrons. The molecule has 0 radical (unpaired) electrons. The second-order valence-corrected chi connectivity index (χ2v) is 6.45. The zero-order valence-electron chi connectivity index (χ0n) is 11.0. The maximum absolute atomic E-state index is 6.03. The van der Waals surface area contributed by atoms with Crippen LogP contribution in [-0.4, -0.2) is 11.6 Å². The first kappa shape index (κ1) is 14.3. The maximum atomic E-state index is 6.03. The van der Waals surface area contributed by atoms with E-state index in [1.165, 1.54) is 0 Å². The third kappa shape index (κ3) is 4.20. The van der Waals surface area contributed by atoms with Gasteiger partial charge in [0, 0.05) is 28.1 Å². The quantitative estimate of drug-likeness (QED) is 0.917. The van der Waals surface area contributed by atoms with Crippen LogP contribution in [0.5, 0.6) is 5.75 Å². The molecule has 2 aromatic rings.